The normalized spacial score (nSPS) is 12.0. The summed E-state index contributed by atoms with van der Waals surface area (Å²) in [5, 5.41) is 4.18. The maximum Gasteiger partial charge on any atom is 0.224 e. The molecular weight excluding hydrogens is 364 g/mol. The Morgan fingerprint density at radius 2 is 1.76 bits per heavy atom. The molecule has 0 saturated heterocycles. The Morgan fingerprint density at radius 1 is 1.03 bits per heavy atom. The number of aromatic amines is 1. The Morgan fingerprint density at radius 3 is 2.52 bits per heavy atom. The van der Waals surface area contributed by atoms with Crippen LogP contribution < -0.4 is 14.8 Å². The van der Waals surface area contributed by atoms with Crippen LogP contribution in [0.1, 0.15) is 50.8 Å². The lowest BCUT2D eigenvalue weighted by Gasteiger charge is -2.18. The van der Waals surface area contributed by atoms with Gasteiger partial charge in [-0.1, -0.05) is 38.1 Å². The third-order valence-electron chi connectivity index (χ3n) is 4.79. The van der Waals surface area contributed by atoms with Gasteiger partial charge in [0.25, 0.3) is 0 Å². The van der Waals surface area contributed by atoms with Crippen LogP contribution in [-0.4, -0.2) is 24.1 Å². The minimum atomic E-state index is -0.128. The van der Waals surface area contributed by atoms with E-state index in [1.54, 1.807) is 0 Å². The van der Waals surface area contributed by atoms with Crippen molar-refractivity contribution in [3.05, 3.63) is 59.8 Å². The molecular formula is C24H30N2O3. The molecule has 0 saturated carbocycles. The molecule has 0 aliphatic heterocycles. The molecule has 2 N–H and O–H groups in total. The van der Waals surface area contributed by atoms with E-state index >= 15 is 0 Å². The molecule has 0 bridgehead atoms. The molecule has 3 aromatic rings. The van der Waals surface area contributed by atoms with Crippen LogP contribution in [0.15, 0.2) is 48.7 Å². The van der Waals surface area contributed by atoms with Gasteiger partial charge in [0.05, 0.1) is 25.7 Å². The summed E-state index contributed by atoms with van der Waals surface area (Å²) < 4.78 is 11.7. The van der Waals surface area contributed by atoms with Gasteiger partial charge < -0.3 is 19.8 Å². The molecule has 2 aromatic carbocycles. The summed E-state index contributed by atoms with van der Waals surface area (Å²) >= 11 is 0. The van der Waals surface area contributed by atoms with Crippen molar-refractivity contribution in [2.75, 3.05) is 13.2 Å². The van der Waals surface area contributed by atoms with Gasteiger partial charge in [-0.05, 0) is 49.1 Å². The first-order valence-electron chi connectivity index (χ1n) is 10.4. The molecule has 3 rings (SSSR count). The minimum Gasteiger partial charge on any atom is -0.490 e. The molecule has 0 aliphatic carbocycles. The van der Waals surface area contributed by atoms with E-state index in [-0.39, 0.29) is 11.9 Å². The molecule has 0 radical (unpaired) electrons. The van der Waals surface area contributed by atoms with Crippen molar-refractivity contribution >= 4 is 16.8 Å². The van der Waals surface area contributed by atoms with Crippen molar-refractivity contribution in [2.24, 2.45) is 0 Å². The zero-order chi connectivity index (χ0) is 20.6. The van der Waals surface area contributed by atoms with E-state index in [0.29, 0.717) is 19.6 Å². The smallest absolute Gasteiger partial charge is 0.224 e. The maximum absolute atomic E-state index is 12.6. The minimum absolute atomic E-state index is 0.00964. The molecule has 5 heteroatoms. The zero-order valence-corrected chi connectivity index (χ0v) is 17.5. The molecule has 1 atom stereocenters. The lowest BCUT2D eigenvalue weighted by molar-refractivity contribution is -0.121. The largest absolute Gasteiger partial charge is 0.490 e. The Bertz CT molecular complexity index is 948. The summed E-state index contributed by atoms with van der Waals surface area (Å²) in [6.45, 7) is 7.42. The molecule has 1 aromatic heterocycles. The number of ether oxygens (including phenoxy) is 2. The summed E-state index contributed by atoms with van der Waals surface area (Å²) in [4.78, 5) is 15.8. The standard InChI is InChI=1S/C24H30N2O3/c1-4-12-28-22-11-10-18(14-23(22)29-13-5-2)17(3)26-24(27)15-19-16-25-21-9-7-6-8-20(19)21/h6-11,14,16-17,25H,4-5,12-13,15H2,1-3H3,(H,26,27)/t17-/m1/s1. The van der Waals surface area contributed by atoms with Crippen LogP contribution in [0.4, 0.5) is 0 Å². The highest BCUT2D eigenvalue weighted by Crippen LogP contribution is 2.31. The molecule has 154 valence electrons. The van der Waals surface area contributed by atoms with Gasteiger partial charge in [0.2, 0.25) is 5.91 Å². The maximum atomic E-state index is 12.6. The predicted octanol–water partition coefficient (Wildman–Crippen LogP) is 5.17. The van der Waals surface area contributed by atoms with Crippen molar-refractivity contribution in [1.82, 2.24) is 10.3 Å². The second-order valence-corrected chi connectivity index (χ2v) is 7.23. The number of amides is 1. The number of hydrogen-bond donors (Lipinski definition) is 2. The van der Waals surface area contributed by atoms with Gasteiger partial charge in [-0.25, -0.2) is 0 Å². The van der Waals surface area contributed by atoms with Gasteiger partial charge in [0, 0.05) is 17.1 Å². The van der Waals surface area contributed by atoms with E-state index in [2.05, 4.69) is 24.1 Å². The number of aromatic nitrogens is 1. The molecule has 0 fully saturated rings. The highest BCUT2D eigenvalue weighted by atomic mass is 16.5. The molecule has 1 amide bonds. The van der Waals surface area contributed by atoms with Crippen LogP contribution in [0.3, 0.4) is 0 Å². The summed E-state index contributed by atoms with van der Waals surface area (Å²) in [5.41, 5.74) is 3.04. The van der Waals surface area contributed by atoms with E-state index in [4.69, 9.17) is 9.47 Å². The second-order valence-electron chi connectivity index (χ2n) is 7.23. The molecule has 0 aliphatic rings. The summed E-state index contributed by atoms with van der Waals surface area (Å²) in [7, 11) is 0. The highest BCUT2D eigenvalue weighted by Gasteiger charge is 2.15. The predicted molar refractivity (Wildman–Crippen MR) is 117 cm³/mol. The van der Waals surface area contributed by atoms with Crippen LogP contribution in [0, 0.1) is 0 Å². The van der Waals surface area contributed by atoms with Crippen molar-refractivity contribution in [3.8, 4) is 11.5 Å². The third-order valence-corrected chi connectivity index (χ3v) is 4.79. The number of carbonyl (C=O) groups excluding carboxylic acids is 1. The number of nitrogens with one attached hydrogen (secondary N) is 2. The first-order valence-corrected chi connectivity index (χ1v) is 10.4. The quantitative estimate of drug-likeness (QED) is 0.499. The SMILES string of the molecule is CCCOc1ccc([C@@H](C)NC(=O)Cc2c[nH]c3ccccc23)cc1OCCC. The van der Waals surface area contributed by atoms with Gasteiger partial charge in [-0.3, -0.25) is 4.79 Å². The van der Waals surface area contributed by atoms with Crippen molar-refractivity contribution in [2.45, 2.75) is 46.1 Å². The van der Waals surface area contributed by atoms with Crippen LogP contribution in [0.5, 0.6) is 11.5 Å². The Hall–Kier alpha value is -2.95. The zero-order valence-electron chi connectivity index (χ0n) is 17.5. The van der Waals surface area contributed by atoms with E-state index in [0.717, 1.165) is 46.4 Å². The number of benzene rings is 2. The van der Waals surface area contributed by atoms with Gasteiger partial charge in [0.1, 0.15) is 0 Å². The number of rotatable bonds is 10. The number of H-pyrrole nitrogens is 1. The first kappa shape index (κ1) is 20.8. The summed E-state index contributed by atoms with van der Waals surface area (Å²) in [6.07, 6.45) is 4.11. The molecule has 1 heterocycles. The number of fused-ring (bicyclic) bond motifs is 1. The highest BCUT2D eigenvalue weighted by molar-refractivity contribution is 5.89. The molecule has 0 spiro atoms. The van der Waals surface area contributed by atoms with Crippen molar-refractivity contribution in [3.63, 3.8) is 0 Å². The molecule has 5 nitrogen and oxygen atoms in total. The number of carbonyl (C=O) groups is 1. The van der Waals surface area contributed by atoms with Crippen LogP contribution in [-0.2, 0) is 11.2 Å². The topological polar surface area (TPSA) is 63.3 Å². The lowest BCUT2D eigenvalue weighted by atomic mass is 10.1. The van der Waals surface area contributed by atoms with Gasteiger partial charge in [0.15, 0.2) is 11.5 Å². The van der Waals surface area contributed by atoms with Crippen molar-refractivity contribution < 1.29 is 14.3 Å². The fraction of sp³-hybridized carbons (Fsp3) is 0.375. The summed E-state index contributed by atoms with van der Waals surface area (Å²) in [6, 6.07) is 13.8. The van der Waals surface area contributed by atoms with Gasteiger partial charge in [-0.2, -0.15) is 0 Å². The van der Waals surface area contributed by atoms with Crippen LogP contribution >= 0.6 is 0 Å². The van der Waals surface area contributed by atoms with E-state index in [1.807, 2.05) is 55.6 Å². The number of para-hydroxylation sites is 1. The average molecular weight is 395 g/mol. The second kappa shape index (κ2) is 10.0. The third kappa shape index (κ3) is 5.31. The van der Waals surface area contributed by atoms with E-state index in [9.17, 15) is 4.79 Å². The Labute approximate surface area is 172 Å². The summed E-state index contributed by atoms with van der Waals surface area (Å²) in [5.74, 6) is 1.47. The Balaban J connectivity index is 1.68. The molecule has 0 unspecified atom stereocenters. The average Bonchev–Trinajstić information content (AvgIpc) is 3.13. The van der Waals surface area contributed by atoms with Crippen LogP contribution in [0.2, 0.25) is 0 Å². The fourth-order valence-electron chi connectivity index (χ4n) is 3.28. The van der Waals surface area contributed by atoms with Gasteiger partial charge >= 0.3 is 0 Å². The van der Waals surface area contributed by atoms with Crippen LogP contribution in [0.25, 0.3) is 10.9 Å². The van der Waals surface area contributed by atoms with E-state index in [1.165, 1.54) is 0 Å². The van der Waals surface area contributed by atoms with E-state index < -0.39 is 0 Å². The fourth-order valence-corrected chi connectivity index (χ4v) is 3.28. The van der Waals surface area contributed by atoms with Gasteiger partial charge in [-0.15, -0.1) is 0 Å². The number of hydrogen-bond acceptors (Lipinski definition) is 3. The Kier molecular flexibility index (Phi) is 7.17. The molecule has 29 heavy (non-hydrogen) atoms. The lowest BCUT2D eigenvalue weighted by Crippen LogP contribution is -2.28. The van der Waals surface area contributed by atoms with Crippen molar-refractivity contribution in [1.29, 1.82) is 0 Å². The first-order chi connectivity index (χ1) is 14.1. The monoisotopic (exact) mass is 394 g/mol.